The van der Waals surface area contributed by atoms with Gasteiger partial charge in [-0.2, -0.15) is 0 Å². The van der Waals surface area contributed by atoms with Crippen LogP contribution in [0.4, 0.5) is 0 Å². The Labute approximate surface area is 155 Å². The number of fused-ring (bicyclic) bond motifs is 1. The Morgan fingerprint density at radius 2 is 2.00 bits per heavy atom. The zero-order valence-corrected chi connectivity index (χ0v) is 16.1. The number of halogens is 1. The third kappa shape index (κ3) is 3.03. The highest BCUT2D eigenvalue weighted by atomic mass is 35.5. The van der Waals surface area contributed by atoms with Gasteiger partial charge in [-0.1, -0.05) is 11.6 Å². The molecule has 0 aromatic carbocycles. The van der Waals surface area contributed by atoms with Crippen LogP contribution in [-0.4, -0.2) is 42.4 Å². The minimum absolute atomic E-state index is 0.0541. The molecule has 2 aliphatic rings. The molecule has 3 nitrogen and oxygen atoms in total. The zero-order chi connectivity index (χ0) is 16.7. The highest BCUT2D eigenvalue weighted by Gasteiger charge is 2.37. The van der Waals surface area contributed by atoms with Crippen LogP contribution < -0.4 is 0 Å². The summed E-state index contributed by atoms with van der Waals surface area (Å²) < 4.78 is 0.792. The molecular formula is C18H21ClN2OS2. The van der Waals surface area contributed by atoms with Gasteiger partial charge in [0.1, 0.15) is 6.04 Å². The lowest BCUT2D eigenvalue weighted by molar-refractivity contribution is -0.139. The second kappa shape index (κ2) is 6.79. The van der Waals surface area contributed by atoms with Crippen molar-refractivity contribution < 1.29 is 4.79 Å². The molecule has 1 amide bonds. The van der Waals surface area contributed by atoms with Crippen molar-refractivity contribution >= 4 is 40.2 Å². The number of thiophene rings is 2. The van der Waals surface area contributed by atoms with Crippen molar-refractivity contribution in [3.8, 4) is 0 Å². The maximum Gasteiger partial charge on any atom is 0.226 e. The fraction of sp³-hybridized carbons (Fsp3) is 0.500. The first-order valence-electron chi connectivity index (χ1n) is 8.44. The Morgan fingerprint density at radius 1 is 1.21 bits per heavy atom. The predicted molar refractivity (Wildman–Crippen MR) is 101 cm³/mol. The van der Waals surface area contributed by atoms with Gasteiger partial charge in [-0.05, 0) is 68.5 Å². The first-order chi connectivity index (χ1) is 11.6. The number of nitrogens with zero attached hydrogens (tertiary/aromatic N) is 2. The highest BCUT2D eigenvalue weighted by Crippen LogP contribution is 2.42. The summed E-state index contributed by atoms with van der Waals surface area (Å²) in [5.74, 6) is 0.498. The Kier molecular flexibility index (Phi) is 4.69. The fourth-order valence-electron chi connectivity index (χ4n) is 3.79. The van der Waals surface area contributed by atoms with Gasteiger partial charge >= 0.3 is 0 Å². The molecule has 1 fully saturated rings. The quantitative estimate of drug-likeness (QED) is 0.776. The summed E-state index contributed by atoms with van der Waals surface area (Å²) in [6.07, 6.45) is 2.91. The summed E-state index contributed by atoms with van der Waals surface area (Å²) in [4.78, 5) is 20.2. The number of carbonyl (C=O) groups is 1. The summed E-state index contributed by atoms with van der Waals surface area (Å²) in [5, 5.41) is 2.15. The van der Waals surface area contributed by atoms with Crippen molar-refractivity contribution in [2.45, 2.75) is 25.3 Å². The molecular weight excluding hydrogens is 360 g/mol. The van der Waals surface area contributed by atoms with Gasteiger partial charge in [-0.25, -0.2) is 0 Å². The van der Waals surface area contributed by atoms with Gasteiger partial charge in [0.15, 0.2) is 0 Å². The van der Waals surface area contributed by atoms with Crippen LogP contribution in [0.2, 0.25) is 4.34 Å². The topological polar surface area (TPSA) is 23.6 Å². The van der Waals surface area contributed by atoms with Crippen molar-refractivity contribution in [1.82, 2.24) is 9.80 Å². The number of carbonyl (C=O) groups excluding carboxylic acids is 1. The molecule has 0 spiro atoms. The summed E-state index contributed by atoms with van der Waals surface area (Å²) in [7, 11) is 2.13. The molecule has 0 saturated carbocycles. The van der Waals surface area contributed by atoms with Crippen LogP contribution >= 0.6 is 34.3 Å². The largest absolute Gasteiger partial charge is 0.329 e. The number of piperidine rings is 1. The van der Waals surface area contributed by atoms with Crippen LogP contribution in [-0.2, 0) is 11.2 Å². The molecule has 2 aromatic heterocycles. The van der Waals surface area contributed by atoms with E-state index >= 15 is 0 Å². The molecule has 0 N–H and O–H groups in total. The van der Waals surface area contributed by atoms with Gasteiger partial charge < -0.3 is 9.80 Å². The number of amides is 1. The van der Waals surface area contributed by atoms with E-state index in [0.717, 1.165) is 43.2 Å². The van der Waals surface area contributed by atoms with Gasteiger partial charge in [0.05, 0.1) is 4.34 Å². The first kappa shape index (κ1) is 16.6. The van der Waals surface area contributed by atoms with E-state index in [1.165, 1.54) is 15.3 Å². The summed E-state index contributed by atoms with van der Waals surface area (Å²) >= 11 is 9.55. The first-order valence-corrected chi connectivity index (χ1v) is 10.5. The van der Waals surface area contributed by atoms with Gasteiger partial charge in [-0.3, -0.25) is 4.79 Å². The van der Waals surface area contributed by atoms with E-state index in [9.17, 15) is 4.79 Å². The third-order valence-corrected chi connectivity index (χ3v) is 7.47. The predicted octanol–water partition coefficient (Wildman–Crippen LogP) is 4.28. The lowest BCUT2D eigenvalue weighted by atomic mass is 9.92. The van der Waals surface area contributed by atoms with Gasteiger partial charge in [0, 0.05) is 22.2 Å². The van der Waals surface area contributed by atoms with E-state index in [1.807, 2.05) is 6.07 Å². The summed E-state index contributed by atoms with van der Waals surface area (Å²) in [6.45, 7) is 2.85. The molecule has 4 rings (SSSR count). The Bertz CT molecular complexity index is 733. The lowest BCUT2D eigenvalue weighted by Crippen LogP contribution is -2.45. The van der Waals surface area contributed by atoms with Crippen molar-refractivity contribution in [2.75, 3.05) is 26.7 Å². The SMILES string of the molecule is CN1CCC(C(=O)N2CCc3ccsc3C2c2ccc(Cl)s2)CC1. The monoisotopic (exact) mass is 380 g/mol. The minimum Gasteiger partial charge on any atom is -0.329 e. The molecule has 128 valence electrons. The molecule has 6 heteroatoms. The Balaban J connectivity index is 1.65. The molecule has 2 aromatic rings. The average Bonchev–Trinajstić information content (AvgIpc) is 3.22. The maximum absolute atomic E-state index is 13.3. The molecule has 1 atom stereocenters. The van der Waals surface area contributed by atoms with Crippen LogP contribution in [0.5, 0.6) is 0 Å². The van der Waals surface area contributed by atoms with E-state index < -0.39 is 0 Å². The summed E-state index contributed by atoms with van der Waals surface area (Å²) in [5.41, 5.74) is 1.39. The minimum atomic E-state index is 0.0541. The van der Waals surface area contributed by atoms with Crippen molar-refractivity contribution in [3.05, 3.63) is 43.2 Å². The Hall–Kier alpha value is -0.880. The maximum atomic E-state index is 13.3. The van der Waals surface area contributed by atoms with Gasteiger partial charge in [0.25, 0.3) is 0 Å². The van der Waals surface area contributed by atoms with E-state index in [0.29, 0.717) is 5.91 Å². The van der Waals surface area contributed by atoms with Gasteiger partial charge in [-0.15, -0.1) is 22.7 Å². The van der Waals surface area contributed by atoms with Crippen molar-refractivity contribution in [1.29, 1.82) is 0 Å². The van der Waals surface area contributed by atoms with Crippen molar-refractivity contribution in [2.24, 2.45) is 5.92 Å². The van der Waals surface area contributed by atoms with Crippen LogP contribution in [0, 0.1) is 5.92 Å². The number of likely N-dealkylation sites (tertiary alicyclic amines) is 1. The molecule has 1 unspecified atom stereocenters. The van der Waals surface area contributed by atoms with E-state index in [-0.39, 0.29) is 12.0 Å². The number of hydrogen-bond acceptors (Lipinski definition) is 4. The van der Waals surface area contributed by atoms with E-state index in [4.69, 9.17) is 11.6 Å². The smallest absolute Gasteiger partial charge is 0.226 e. The van der Waals surface area contributed by atoms with E-state index in [2.05, 4.69) is 34.4 Å². The second-order valence-electron chi connectivity index (χ2n) is 6.71. The molecule has 0 aliphatic carbocycles. The third-order valence-electron chi connectivity index (χ3n) is 5.18. The normalized spacial score (nSPS) is 22.6. The lowest BCUT2D eigenvalue weighted by Gasteiger charge is -2.39. The van der Waals surface area contributed by atoms with Crippen molar-refractivity contribution in [3.63, 3.8) is 0 Å². The molecule has 2 aliphatic heterocycles. The molecule has 1 saturated heterocycles. The summed E-state index contributed by atoms with van der Waals surface area (Å²) in [6, 6.07) is 6.29. The van der Waals surface area contributed by atoms with Crippen LogP contribution in [0.15, 0.2) is 23.6 Å². The van der Waals surface area contributed by atoms with E-state index in [1.54, 1.807) is 22.7 Å². The standard InChI is InChI=1S/C18H21ClN2OS2/c1-20-8-4-13(5-9-20)18(22)21-10-6-12-7-11-23-17(12)16(21)14-2-3-15(19)24-14/h2-3,7,11,13,16H,4-6,8-10H2,1H3. The average molecular weight is 381 g/mol. The molecule has 0 radical (unpaired) electrons. The van der Waals surface area contributed by atoms with Crippen LogP contribution in [0.3, 0.4) is 0 Å². The zero-order valence-electron chi connectivity index (χ0n) is 13.7. The number of hydrogen-bond donors (Lipinski definition) is 0. The molecule has 4 heterocycles. The van der Waals surface area contributed by atoms with Gasteiger partial charge in [0.2, 0.25) is 5.91 Å². The fourth-order valence-corrected chi connectivity index (χ4v) is 6.13. The number of rotatable bonds is 2. The molecule has 0 bridgehead atoms. The molecule has 24 heavy (non-hydrogen) atoms. The highest BCUT2D eigenvalue weighted by molar-refractivity contribution is 7.16. The van der Waals surface area contributed by atoms with Crippen LogP contribution in [0.1, 0.15) is 34.2 Å². The van der Waals surface area contributed by atoms with Crippen LogP contribution in [0.25, 0.3) is 0 Å². The Morgan fingerprint density at radius 3 is 2.71 bits per heavy atom. The second-order valence-corrected chi connectivity index (χ2v) is 9.41.